The molecule has 0 bridgehead atoms. The lowest BCUT2D eigenvalue weighted by atomic mass is 9.70. The predicted molar refractivity (Wildman–Crippen MR) is 308 cm³/mol. The van der Waals surface area contributed by atoms with Gasteiger partial charge in [-0.1, -0.05) is 247 Å². The van der Waals surface area contributed by atoms with Gasteiger partial charge < -0.3 is 4.90 Å². The van der Waals surface area contributed by atoms with Gasteiger partial charge in [0.1, 0.15) is 0 Å². The third kappa shape index (κ3) is 6.28. The minimum absolute atomic E-state index is 0.0624. The SMILES string of the molecule is CC(C)(C)c1ccc(-c2ccc(N(c3ccc4c(c3)-c3ccccc3C43c4ccccc4-c4ccccc43)c3ccc4ccccc4c3-c3cccc4c3-c3ccccc3C4(C)C)c(-c3ccccc3)c2)cc1. The maximum atomic E-state index is 2.59. The summed E-state index contributed by atoms with van der Waals surface area (Å²) >= 11 is 0. The van der Waals surface area contributed by atoms with E-state index in [0.717, 1.165) is 22.6 Å². The average Bonchev–Trinajstić information content (AvgIpc) is 3.99. The average molecular weight is 934 g/mol. The number of hydrogen-bond acceptors (Lipinski definition) is 1. The molecule has 73 heavy (non-hydrogen) atoms. The Morgan fingerprint density at radius 1 is 0.329 bits per heavy atom. The molecular weight excluding hydrogens is 879 g/mol. The standard InChI is InChI=1S/C72H55N/c1-70(2,3)50-38-34-46(35-39-50)49-37-42-66(58(44-49)47-20-7-6-8-21-47)73(67-43-36-48-22-9-10-23-52(48)69(67)57-28-19-33-65-68(57)56-27-14-15-29-60(56)71(65,4)5)51-40-41-64-59(45-51)55-26-13-18-32-63(55)72(64)61-30-16-11-24-53(61)54-25-12-17-31-62(54)72/h6-45H,1-5H3. The molecular formula is C72H55N. The predicted octanol–water partition coefficient (Wildman–Crippen LogP) is 19.3. The van der Waals surface area contributed by atoms with E-state index in [9.17, 15) is 0 Å². The van der Waals surface area contributed by atoms with Gasteiger partial charge in [0.25, 0.3) is 0 Å². The lowest BCUT2D eigenvalue weighted by molar-refractivity contribution is 0.590. The van der Waals surface area contributed by atoms with Crippen molar-refractivity contribution in [2.45, 2.75) is 50.9 Å². The van der Waals surface area contributed by atoms with Crippen molar-refractivity contribution in [3.8, 4) is 66.8 Å². The fraction of sp³-hybridized carbons (Fsp3) is 0.111. The van der Waals surface area contributed by atoms with Gasteiger partial charge in [-0.25, -0.2) is 0 Å². The second-order valence-corrected chi connectivity index (χ2v) is 22.0. The van der Waals surface area contributed by atoms with Crippen molar-refractivity contribution in [2.75, 3.05) is 4.90 Å². The summed E-state index contributed by atoms with van der Waals surface area (Å²) in [5.74, 6) is 0. The molecule has 0 aliphatic heterocycles. The van der Waals surface area contributed by atoms with Gasteiger partial charge in [0.15, 0.2) is 0 Å². The van der Waals surface area contributed by atoms with E-state index in [4.69, 9.17) is 0 Å². The number of anilines is 3. The highest BCUT2D eigenvalue weighted by molar-refractivity contribution is 6.11. The third-order valence-corrected chi connectivity index (χ3v) is 16.7. The molecule has 0 unspecified atom stereocenters. The summed E-state index contributed by atoms with van der Waals surface area (Å²) in [6.45, 7) is 11.6. The third-order valence-electron chi connectivity index (χ3n) is 16.7. The first-order valence-electron chi connectivity index (χ1n) is 25.9. The summed E-state index contributed by atoms with van der Waals surface area (Å²) in [6.07, 6.45) is 0. The van der Waals surface area contributed by atoms with Crippen LogP contribution in [0, 0.1) is 0 Å². The highest BCUT2D eigenvalue weighted by Crippen LogP contribution is 2.64. The molecule has 11 aromatic rings. The molecule has 3 aliphatic carbocycles. The molecule has 0 fully saturated rings. The van der Waals surface area contributed by atoms with E-state index < -0.39 is 5.41 Å². The molecule has 0 N–H and O–H groups in total. The lowest BCUT2D eigenvalue weighted by Crippen LogP contribution is -2.25. The Morgan fingerprint density at radius 2 is 0.863 bits per heavy atom. The Balaban J connectivity index is 1.08. The molecule has 348 valence electrons. The van der Waals surface area contributed by atoms with Crippen molar-refractivity contribution in [1.82, 2.24) is 0 Å². The van der Waals surface area contributed by atoms with Crippen molar-refractivity contribution < 1.29 is 0 Å². The molecule has 11 aromatic carbocycles. The van der Waals surface area contributed by atoms with Crippen LogP contribution in [0.5, 0.6) is 0 Å². The second kappa shape index (κ2) is 16.0. The monoisotopic (exact) mass is 933 g/mol. The summed E-state index contributed by atoms with van der Waals surface area (Å²) < 4.78 is 0. The number of benzene rings is 11. The van der Waals surface area contributed by atoms with Crippen molar-refractivity contribution in [2.24, 2.45) is 0 Å². The summed E-state index contributed by atoms with van der Waals surface area (Å²) in [7, 11) is 0. The van der Waals surface area contributed by atoms with Gasteiger partial charge in [-0.2, -0.15) is 0 Å². The van der Waals surface area contributed by atoms with Gasteiger partial charge in [-0.05, 0) is 141 Å². The van der Waals surface area contributed by atoms with Crippen LogP contribution in [0.4, 0.5) is 17.1 Å². The maximum Gasteiger partial charge on any atom is 0.0725 e. The van der Waals surface area contributed by atoms with E-state index >= 15 is 0 Å². The van der Waals surface area contributed by atoms with Gasteiger partial charge in [0.05, 0.1) is 16.8 Å². The van der Waals surface area contributed by atoms with Crippen molar-refractivity contribution in [1.29, 1.82) is 0 Å². The Hall–Kier alpha value is -8.52. The van der Waals surface area contributed by atoms with Crippen LogP contribution < -0.4 is 4.90 Å². The van der Waals surface area contributed by atoms with Gasteiger partial charge in [-0.3, -0.25) is 0 Å². The van der Waals surface area contributed by atoms with E-state index in [2.05, 4.69) is 282 Å². The summed E-state index contributed by atoms with van der Waals surface area (Å²) in [4.78, 5) is 2.59. The van der Waals surface area contributed by atoms with Crippen LogP contribution in [0.25, 0.3) is 77.5 Å². The maximum absolute atomic E-state index is 2.59. The van der Waals surface area contributed by atoms with Crippen molar-refractivity contribution >= 4 is 27.8 Å². The fourth-order valence-electron chi connectivity index (χ4n) is 13.2. The number of hydrogen-bond donors (Lipinski definition) is 0. The highest BCUT2D eigenvalue weighted by Gasteiger charge is 2.51. The first-order chi connectivity index (χ1) is 35.6. The summed E-state index contributed by atoms with van der Waals surface area (Å²) in [6, 6.07) is 91.9. The molecule has 0 heterocycles. The van der Waals surface area contributed by atoms with Crippen LogP contribution in [-0.4, -0.2) is 0 Å². The van der Waals surface area contributed by atoms with Crippen LogP contribution in [-0.2, 0) is 16.2 Å². The van der Waals surface area contributed by atoms with Gasteiger partial charge in [-0.15, -0.1) is 0 Å². The Bertz CT molecular complexity index is 3990. The molecule has 3 aliphatic rings. The van der Waals surface area contributed by atoms with Crippen LogP contribution in [0.3, 0.4) is 0 Å². The Kier molecular flexibility index (Phi) is 9.48. The van der Waals surface area contributed by atoms with Gasteiger partial charge in [0, 0.05) is 22.2 Å². The molecule has 1 heteroatoms. The van der Waals surface area contributed by atoms with Gasteiger partial charge in [0.2, 0.25) is 0 Å². The van der Waals surface area contributed by atoms with Crippen LogP contribution in [0.15, 0.2) is 243 Å². The van der Waals surface area contributed by atoms with E-state index in [0.29, 0.717) is 0 Å². The van der Waals surface area contributed by atoms with Crippen LogP contribution in [0.2, 0.25) is 0 Å². The summed E-state index contributed by atoms with van der Waals surface area (Å²) in [5, 5.41) is 2.44. The molecule has 0 radical (unpaired) electrons. The van der Waals surface area contributed by atoms with Crippen LogP contribution >= 0.6 is 0 Å². The van der Waals surface area contributed by atoms with E-state index in [1.807, 2.05) is 0 Å². The molecule has 0 atom stereocenters. The largest absolute Gasteiger partial charge is 0.309 e. The van der Waals surface area contributed by atoms with E-state index in [1.54, 1.807) is 0 Å². The topological polar surface area (TPSA) is 3.24 Å². The van der Waals surface area contributed by atoms with Crippen molar-refractivity contribution in [3.63, 3.8) is 0 Å². The molecule has 14 rings (SSSR count). The van der Waals surface area contributed by atoms with Gasteiger partial charge >= 0.3 is 0 Å². The van der Waals surface area contributed by atoms with Crippen molar-refractivity contribution in [3.05, 3.63) is 282 Å². The molecule has 0 aromatic heterocycles. The minimum atomic E-state index is -0.444. The van der Waals surface area contributed by atoms with E-state index in [-0.39, 0.29) is 10.8 Å². The van der Waals surface area contributed by atoms with Crippen LogP contribution in [0.1, 0.15) is 73.6 Å². The zero-order valence-corrected chi connectivity index (χ0v) is 42.0. The Morgan fingerprint density at radius 3 is 1.55 bits per heavy atom. The number of rotatable bonds is 6. The smallest absolute Gasteiger partial charge is 0.0725 e. The molecule has 1 spiro atoms. The highest BCUT2D eigenvalue weighted by atomic mass is 15.1. The first kappa shape index (κ1) is 43.3. The van der Waals surface area contributed by atoms with E-state index in [1.165, 1.54) is 111 Å². The summed E-state index contributed by atoms with van der Waals surface area (Å²) in [5.41, 5.74) is 27.2. The lowest BCUT2D eigenvalue weighted by Gasteiger charge is -2.33. The minimum Gasteiger partial charge on any atom is -0.309 e. The molecule has 0 amide bonds. The zero-order valence-electron chi connectivity index (χ0n) is 42.0. The number of fused-ring (bicyclic) bond motifs is 14. The molecule has 0 saturated carbocycles. The molecule has 0 saturated heterocycles. The second-order valence-electron chi connectivity index (χ2n) is 22.0. The number of nitrogens with zero attached hydrogens (tertiary/aromatic N) is 1. The quantitative estimate of drug-likeness (QED) is 0.161. The Labute approximate surface area is 429 Å². The normalized spacial score (nSPS) is 14.0. The first-order valence-corrected chi connectivity index (χ1v) is 25.9. The zero-order chi connectivity index (χ0) is 49.2. The fourth-order valence-corrected chi connectivity index (χ4v) is 13.2. The molecule has 1 nitrogen and oxygen atoms in total.